The van der Waals surface area contributed by atoms with Gasteiger partial charge in [0.1, 0.15) is 0 Å². The van der Waals surface area contributed by atoms with E-state index in [1.807, 2.05) is 6.07 Å². The van der Waals surface area contributed by atoms with Crippen LogP contribution in [-0.4, -0.2) is 33.7 Å². The second-order valence-corrected chi connectivity index (χ2v) is 5.48. The Labute approximate surface area is 117 Å². The van der Waals surface area contributed by atoms with Crippen molar-refractivity contribution in [2.75, 3.05) is 6.54 Å². The maximum atomic E-state index is 12.1. The van der Waals surface area contributed by atoms with Crippen LogP contribution in [-0.2, 0) is 15.1 Å². The third kappa shape index (κ3) is 2.23. The molecule has 2 atom stereocenters. The average Bonchev–Trinajstić information content (AvgIpc) is 2.72. The van der Waals surface area contributed by atoms with E-state index in [2.05, 4.69) is 12.6 Å². The van der Waals surface area contributed by atoms with Gasteiger partial charge in [0.2, 0.25) is 5.91 Å². The Morgan fingerprint density at radius 2 is 2.11 bits per heavy atom. The lowest BCUT2D eigenvalue weighted by atomic mass is 9.85. The number of rotatable bonds is 4. The number of aliphatic carboxylic acids is 1. The molecule has 0 radical (unpaired) electrons. The monoisotopic (exact) mass is 279 g/mol. The molecule has 1 heterocycles. The molecule has 1 aliphatic heterocycles. The molecule has 1 saturated heterocycles. The SMILES string of the molecule is CCC(C(=O)O)(c1ccccc1)N1CC(S)CC1=O. The molecule has 0 spiro atoms. The van der Waals surface area contributed by atoms with Crippen LogP contribution in [0.25, 0.3) is 0 Å². The van der Waals surface area contributed by atoms with Crippen LogP contribution in [0, 0.1) is 0 Å². The lowest BCUT2D eigenvalue weighted by molar-refractivity contribution is -0.158. The Kier molecular flexibility index (Phi) is 3.85. The van der Waals surface area contributed by atoms with Crippen LogP contribution in [0.5, 0.6) is 0 Å². The van der Waals surface area contributed by atoms with Crippen molar-refractivity contribution in [3.05, 3.63) is 35.9 Å². The first-order valence-electron chi connectivity index (χ1n) is 6.29. The zero-order valence-corrected chi connectivity index (χ0v) is 11.6. The molecule has 2 unspecified atom stereocenters. The van der Waals surface area contributed by atoms with E-state index in [0.717, 1.165) is 0 Å². The number of benzene rings is 1. The molecular formula is C14H17NO3S. The highest BCUT2D eigenvalue weighted by molar-refractivity contribution is 7.81. The van der Waals surface area contributed by atoms with Gasteiger partial charge in [-0.3, -0.25) is 4.79 Å². The third-order valence-corrected chi connectivity index (χ3v) is 4.03. The molecule has 0 bridgehead atoms. The van der Waals surface area contributed by atoms with Crippen molar-refractivity contribution in [3.63, 3.8) is 0 Å². The number of likely N-dealkylation sites (tertiary alicyclic amines) is 1. The number of carboxylic acid groups (broad SMARTS) is 1. The first-order chi connectivity index (χ1) is 9.02. The molecule has 0 aliphatic carbocycles. The second-order valence-electron chi connectivity index (χ2n) is 4.75. The van der Waals surface area contributed by atoms with Crippen molar-refractivity contribution >= 4 is 24.5 Å². The highest BCUT2D eigenvalue weighted by Gasteiger charge is 2.49. The Balaban J connectivity index is 2.52. The van der Waals surface area contributed by atoms with Gasteiger partial charge in [0.25, 0.3) is 0 Å². The molecule has 2 rings (SSSR count). The number of carboxylic acids is 1. The van der Waals surface area contributed by atoms with Crippen molar-refractivity contribution in [2.24, 2.45) is 0 Å². The highest BCUT2D eigenvalue weighted by atomic mass is 32.1. The summed E-state index contributed by atoms with van der Waals surface area (Å²) in [6.07, 6.45) is 0.629. The van der Waals surface area contributed by atoms with E-state index < -0.39 is 11.5 Å². The summed E-state index contributed by atoms with van der Waals surface area (Å²) in [5.74, 6) is -1.13. The fourth-order valence-electron chi connectivity index (χ4n) is 2.71. The summed E-state index contributed by atoms with van der Waals surface area (Å²) in [5.41, 5.74) is -0.642. The fourth-order valence-corrected chi connectivity index (χ4v) is 3.03. The van der Waals surface area contributed by atoms with Gasteiger partial charge >= 0.3 is 5.97 Å². The topological polar surface area (TPSA) is 57.6 Å². The molecule has 1 amide bonds. The van der Waals surface area contributed by atoms with E-state index in [4.69, 9.17) is 0 Å². The molecule has 1 fully saturated rings. The standard InChI is InChI=1S/C14H17NO3S/c1-2-14(13(17)18,10-6-4-3-5-7-10)15-9-11(19)8-12(15)16/h3-7,11,19H,2,8-9H2,1H3,(H,17,18). The Morgan fingerprint density at radius 1 is 1.47 bits per heavy atom. The molecule has 102 valence electrons. The van der Waals surface area contributed by atoms with E-state index in [9.17, 15) is 14.7 Å². The van der Waals surface area contributed by atoms with E-state index in [-0.39, 0.29) is 11.2 Å². The Hall–Kier alpha value is -1.49. The van der Waals surface area contributed by atoms with Crippen molar-refractivity contribution in [2.45, 2.75) is 30.6 Å². The molecule has 0 saturated carbocycles. The van der Waals surface area contributed by atoms with Crippen LogP contribution in [0.4, 0.5) is 0 Å². The van der Waals surface area contributed by atoms with Crippen LogP contribution in [0.3, 0.4) is 0 Å². The van der Waals surface area contributed by atoms with Gasteiger partial charge < -0.3 is 10.0 Å². The maximum Gasteiger partial charge on any atom is 0.334 e. The number of nitrogens with zero attached hydrogens (tertiary/aromatic N) is 1. The zero-order valence-electron chi connectivity index (χ0n) is 10.7. The van der Waals surface area contributed by atoms with Crippen molar-refractivity contribution < 1.29 is 14.7 Å². The Bertz CT molecular complexity index is 491. The molecule has 19 heavy (non-hydrogen) atoms. The fraction of sp³-hybridized carbons (Fsp3) is 0.429. The molecular weight excluding hydrogens is 262 g/mol. The number of carbonyl (C=O) groups is 2. The number of hydrogen-bond donors (Lipinski definition) is 2. The van der Waals surface area contributed by atoms with Gasteiger partial charge in [-0.25, -0.2) is 4.79 Å². The summed E-state index contributed by atoms with van der Waals surface area (Å²) in [5, 5.41) is 9.63. The number of carbonyl (C=O) groups excluding carboxylic acids is 1. The number of amides is 1. The zero-order chi connectivity index (χ0) is 14.0. The average molecular weight is 279 g/mol. The van der Waals surface area contributed by atoms with Gasteiger partial charge in [-0.05, 0) is 12.0 Å². The van der Waals surface area contributed by atoms with Crippen LogP contribution >= 0.6 is 12.6 Å². The van der Waals surface area contributed by atoms with Gasteiger partial charge in [0, 0.05) is 18.2 Å². The van der Waals surface area contributed by atoms with Gasteiger partial charge in [-0.15, -0.1) is 0 Å². The summed E-state index contributed by atoms with van der Waals surface area (Å²) in [6.45, 7) is 2.16. The molecule has 4 nitrogen and oxygen atoms in total. The second kappa shape index (κ2) is 5.25. The summed E-state index contributed by atoms with van der Waals surface area (Å²) >= 11 is 4.31. The lowest BCUT2D eigenvalue weighted by Gasteiger charge is -2.38. The first kappa shape index (κ1) is 13.9. The molecule has 1 aliphatic rings. The lowest BCUT2D eigenvalue weighted by Crippen LogP contribution is -2.52. The van der Waals surface area contributed by atoms with Gasteiger partial charge in [0.15, 0.2) is 5.54 Å². The van der Waals surface area contributed by atoms with Crippen LogP contribution in [0.15, 0.2) is 30.3 Å². The van der Waals surface area contributed by atoms with Gasteiger partial charge in [-0.1, -0.05) is 37.3 Å². The minimum absolute atomic E-state index is 0.0958. The van der Waals surface area contributed by atoms with Gasteiger partial charge in [-0.2, -0.15) is 12.6 Å². The molecule has 1 aromatic carbocycles. The summed E-state index contributed by atoms with van der Waals surface area (Å²) in [6, 6.07) is 8.94. The van der Waals surface area contributed by atoms with E-state index in [1.165, 1.54) is 4.90 Å². The Morgan fingerprint density at radius 3 is 2.53 bits per heavy atom. The van der Waals surface area contributed by atoms with Crippen LogP contribution in [0.1, 0.15) is 25.3 Å². The van der Waals surface area contributed by atoms with E-state index in [1.54, 1.807) is 31.2 Å². The van der Waals surface area contributed by atoms with Crippen molar-refractivity contribution in [1.82, 2.24) is 4.90 Å². The summed E-state index contributed by atoms with van der Waals surface area (Å²) < 4.78 is 0. The summed E-state index contributed by atoms with van der Waals surface area (Å²) in [4.78, 5) is 25.4. The van der Waals surface area contributed by atoms with Crippen molar-refractivity contribution in [1.29, 1.82) is 0 Å². The summed E-state index contributed by atoms with van der Waals surface area (Å²) in [7, 11) is 0. The molecule has 1 aromatic rings. The molecule has 0 aromatic heterocycles. The van der Waals surface area contributed by atoms with E-state index in [0.29, 0.717) is 24.9 Å². The smallest absolute Gasteiger partial charge is 0.334 e. The maximum absolute atomic E-state index is 12.1. The van der Waals surface area contributed by atoms with E-state index >= 15 is 0 Å². The minimum Gasteiger partial charge on any atom is -0.479 e. The molecule has 1 N–H and O–H groups in total. The normalized spacial score (nSPS) is 22.3. The number of thiol groups is 1. The van der Waals surface area contributed by atoms with Crippen LogP contribution < -0.4 is 0 Å². The molecule has 5 heteroatoms. The third-order valence-electron chi connectivity index (χ3n) is 3.68. The highest BCUT2D eigenvalue weighted by Crippen LogP contribution is 2.36. The predicted octanol–water partition coefficient (Wildman–Crippen LogP) is 1.91. The minimum atomic E-state index is -1.28. The van der Waals surface area contributed by atoms with Crippen molar-refractivity contribution in [3.8, 4) is 0 Å². The predicted molar refractivity (Wildman–Crippen MR) is 75.2 cm³/mol. The first-order valence-corrected chi connectivity index (χ1v) is 6.81. The number of hydrogen-bond acceptors (Lipinski definition) is 3. The van der Waals surface area contributed by atoms with Gasteiger partial charge in [0.05, 0.1) is 0 Å². The van der Waals surface area contributed by atoms with Crippen LogP contribution in [0.2, 0.25) is 0 Å². The largest absolute Gasteiger partial charge is 0.479 e. The quantitative estimate of drug-likeness (QED) is 0.828.